The van der Waals surface area contributed by atoms with Crippen molar-refractivity contribution in [1.82, 2.24) is 0 Å². The lowest BCUT2D eigenvalue weighted by atomic mass is 9.29. The van der Waals surface area contributed by atoms with Crippen LogP contribution in [0.1, 0.15) is 13.8 Å². The summed E-state index contributed by atoms with van der Waals surface area (Å²) in [5, 5.41) is 140. The van der Waals surface area contributed by atoms with Gasteiger partial charge in [0.1, 0.15) is 23.2 Å². The van der Waals surface area contributed by atoms with Crippen LogP contribution >= 0.6 is 0 Å². The van der Waals surface area contributed by atoms with Crippen molar-refractivity contribution in [3.8, 4) is 0 Å². The Kier molecular flexibility index (Phi) is 2.64. The number of hydrogen-bond acceptors (Lipinski definition) is 14. The van der Waals surface area contributed by atoms with Crippen molar-refractivity contribution in [2.75, 3.05) is 0 Å². The molecule has 14 heteroatoms. The van der Waals surface area contributed by atoms with Gasteiger partial charge in [0.05, 0.1) is 16.2 Å². The van der Waals surface area contributed by atoms with E-state index >= 15 is 0 Å². The number of hydrogen-bond donors (Lipinski definition) is 14. The van der Waals surface area contributed by atoms with Gasteiger partial charge in [0.2, 0.25) is 17.4 Å². The molecule has 5 rings (SSSR count). The van der Waals surface area contributed by atoms with E-state index < -0.39 is 73.9 Å². The van der Waals surface area contributed by atoms with Crippen LogP contribution in [0.25, 0.3) is 0 Å². The molecule has 0 aromatic heterocycles. The van der Waals surface area contributed by atoms with Crippen LogP contribution in [0.15, 0.2) is 0 Å². The van der Waals surface area contributed by atoms with E-state index in [1.807, 2.05) is 0 Å². The third-order valence-electron chi connectivity index (χ3n) is 9.85. The highest BCUT2D eigenvalue weighted by Gasteiger charge is 3.23. The molecular formula is C15H23NO13. The van der Waals surface area contributed by atoms with Gasteiger partial charge < -0.3 is 72.1 Å². The normalized spacial score (nSPS) is 65.4. The lowest BCUT2D eigenvalue weighted by molar-refractivity contribution is -0.559. The summed E-state index contributed by atoms with van der Waals surface area (Å²) in [5.74, 6) is -19.2. The molecule has 8 unspecified atom stereocenters. The van der Waals surface area contributed by atoms with Crippen LogP contribution in [0.3, 0.4) is 0 Å². The van der Waals surface area contributed by atoms with Crippen molar-refractivity contribution < 1.29 is 66.4 Å². The van der Waals surface area contributed by atoms with E-state index in [1.165, 1.54) is 0 Å². The van der Waals surface area contributed by atoms with Gasteiger partial charge in [0.15, 0.2) is 17.2 Å². The second kappa shape index (κ2) is 3.76. The van der Waals surface area contributed by atoms with Gasteiger partial charge in [-0.1, -0.05) is 0 Å². The van der Waals surface area contributed by atoms with Crippen LogP contribution in [-0.2, 0) is 0 Å². The molecule has 5 aliphatic rings. The molecule has 5 fully saturated rings. The van der Waals surface area contributed by atoms with Crippen molar-refractivity contribution in [2.24, 2.45) is 27.4 Å². The van der Waals surface area contributed by atoms with Gasteiger partial charge in [-0.15, -0.1) is 0 Å². The Balaban J connectivity index is 2.05. The Morgan fingerprint density at radius 3 is 1.41 bits per heavy atom. The van der Waals surface area contributed by atoms with Crippen molar-refractivity contribution >= 4 is 0 Å². The Morgan fingerprint density at radius 2 is 1.00 bits per heavy atom. The minimum atomic E-state index is -4.11. The highest BCUT2D eigenvalue weighted by Crippen LogP contribution is 3.01. The molecule has 5 aliphatic carbocycles. The molecule has 5 saturated carbocycles. The van der Waals surface area contributed by atoms with E-state index in [2.05, 4.69) is 0 Å². The molecule has 0 aromatic rings. The molecule has 0 saturated heterocycles. The summed E-state index contributed by atoms with van der Waals surface area (Å²) in [6.07, 6.45) is -5.30. The van der Waals surface area contributed by atoms with Gasteiger partial charge in [-0.25, -0.2) is 0 Å². The standard InChI is InChI=1S/C15H23NO13/c1-5-7(4(18)10(5,20)21)8-3(17)9(8,19)15(28,29)11(8,16)14(26,27)6(2,12(5,22)23)13(7,24)25/h3-4,17-29H,16H2,1-2H3. The fourth-order valence-electron chi connectivity index (χ4n) is 8.32. The maximum atomic E-state index is 11.1. The fourth-order valence-corrected chi connectivity index (χ4v) is 8.32. The van der Waals surface area contributed by atoms with Crippen LogP contribution in [0, 0.1) is 21.7 Å². The van der Waals surface area contributed by atoms with E-state index in [0.29, 0.717) is 13.8 Å². The van der Waals surface area contributed by atoms with Crippen molar-refractivity contribution in [3.05, 3.63) is 0 Å². The Morgan fingerprint density at radius 1 is 0.552 bits per heavy atom. The zero-order valence-electron chi connectivity index (χ0n) is 15.0. The summed E-state index contributed by atoms with van der Waals surface area (Å²) in [4.78, 5) is 0. The van der Waals surface area contributed by atoms with Gasteiger partial charge in [-0.2, -0.15) is 0 Å². The third-order valence-corrected chi connectivity index (χ3v) is 9.85. The topological polar surface area (TPSA) is 289 Å². The zero-order valence-corrected chi connectivity index (χ0v) is 15.0. The molecule has 166 valence electrons. The molecular weight excluding hydrogens is 402 g/mol. The molecule has 0 amide bonds. The van der Waals surface area contributed by atoms with Crippen LogP contribution in [0.2, 0.25) is 0 Å². The second-order valence-corrected chi connectivity index (χ2v) is 9.66. The minimum Gasteiger partial charge on any atom is -0.389 e. The van der Waals surface area contributed by atoms with Gasteiger partial charge in [0, 0.05) is 0 Å². The molecule has 29 heavy (non-hydrogen) atoms. The van der Waals surface area contributed by atoms with Gasteiger partial charge in [0.25, 0.3) is 0 Å². The van der Waals surface area contributed by atoms with E-state index in [4.69, 9.17) is 5.73 Å². The maximum Gasteiger partial charge on any atom is 0.220 e. The Bertz CT molecular complexity index is 903. The Hall–Kier alpha value is -0.560. The average Bonchev–Trinajstić information content (AvgIpc) is 3.04. The largest absolute Gasteiger partial charge is 0.389 e. The number of nitrogens with two attached hydrogens (primary N) is 1. The molecule has 0 heterocycles. The van der Waals surface area contributed by atoms with Crippen molar-refractivity contribution in [2.45, 2.75) is 66.1 Å². The van der Waals surface area contributed by atoms with E-state index in [9.17, 15) is 66.4 Å². The van der Waals surface area contributed by atoms with Crippen LogP contribution in [0.5, 0.6) is 0 Å². The third kappa shape index (κ3) is 0.927. The van der Waals surface area contributed by atoms with Crippen molar-refractivity contribution in [3.63, 3.8) is 0 Å². The smallest absolute Gasteiger partial charge is 0.220 e. The fraction of sp³-hybridized carbons (Fsp3) is 1.00. The summed E-state index contributed by atoms with van der Waals surface area (Å²) in [6, 6.07) is 0. The van der Waals surface area contributed by atoms with Gasteiger partial charge in [-0.3, -0.25) is 0 Å². The molecule has 8 atom stereocenters. The first kappa shape index (κ1) is 20.3. The highest BCUT2D eigenvalue weighted by molar-refractivity contribution is 5.66. The summed E-state index contributed by atoms with van der Waals surface area (Å²) >= 11 is 0. The number of aliphatic hydroxyl groups excluding tert-OH is 2. The monoisotopic (exact) mass is 425 g/mol. The van der Waals surface area contributed by atoms with Crippen LogP contribution in [0.4, 0.5) is 0 Å². The predicted octanol–water partition coefficient (Wildman–Crippen LogP) is -8.41. The average molecular weight is 425 g/mol. The molecule has 14 nitrogen and oxygen atoms in total. The summed E-state index contributed by atoms with van der Waals surface area (Å²) in [7, 11) is 0. The first-order chi connectivity index (χ1) is 12.6. The molecule has 0 aromatic carbocycles. The quantitative estimate of drug-likeness (QED) is 0.160. The summed E-state index contributed by atoms with van der Waals surface area (Å²) in [6.45, 7) is 1.05. The SMILES string of the molecule is CC12C(O)(O)C3(C)C(O)(O)C(O)C3(C1(O)O)C13C(O)C1(O)C(O)(O)C3(N)C2(O)O. The van der Waals surface area contributed by atoms with Gasteiger partial charge >= 0.3 is 0 Å². The van der Waals surface area contributed by atoms with E-state index in [0.717, 1.165) is 0 Å². The first-order valence-electron chi connectivity index (χ1n) is 8.67. The minimum absolute atomic E-state index is 0.435. The zero-order chi connectivity index (χ0) is 22.7. The summed E-state index contributed by atoms with van der Waals surface area (Å²) < 4.78 is 0. The first-order valence-corrected chi connectivity index (χ1v) is 8.67. The van der Waals surface area contributed by atoms with Gasteiger partial charge in [-0.05, 0) is 13.8 Å². The lowest BCUT2D eigenvalue weighted by Crippen LogP contribution is -3.02. The number of aliphatic hydroxyl groups is 13. The Labute approximate surface area is 160 Å². The molecule has 0 aliphatic heterocycles. The lowest BCUT2D eigenvalue weighted by Gasteiger charge is -2.79. The van der Waals surface area contributed by atoms with Crippen LogP contribution in [-0.4, -0.2) is 119 Å². The van der Waals surface area contributed by atoms with Crippen LogP contribution < -0.4 is 5.73 Å². The molecule has 0 radical (unpaired) electrons. The highest BCUT2D eigenvalue weighted by atomic mass is 16.6. The van der Waals surface area contributed by atoms with E-state index in [-0.39, 0.29) is 0 Å². The van der Waals surface area contributed by atoms with Crippen molar-refractivity contribution in [1.29, 1.82) is 0 Å². The number of rotatable bonds is 0. The molecule has 15 N–H and O–H groups in total. The summed E-state index contributed by atoms with van der Waals surface area (Å²) in [5.41, 5.74) is -13.7. The maximum absolute atomic E-state index is 11.1. The second-order valence-electron chi connectivity index (χ2n) is 9.66. The number of fused-ring (bicyclic) bond motifs is 1. The van der Waals surface area contributed by atoms with E-state index in [1.54, 1.807) is 0 Å². The predicted molar refractivity (Wildman–Crippen MR) is 80.8 cm³/mol. The molecule has 2 bridgehead atoms. The molecule has 2 spiro atoms.